The summed E-state index contributed by atoms with van der Waals surface area (Å²) in [5, 5.41) is 4.06. The number of nitrogens with zero attached hydrogens (tertiary/aromatic N) is 2. The summed E-state index contributed by atoms with van der Waals surface area (Å²) in [7, 11) is 0. The van der Waals surface area contributed by atoms with Crippen LogP contribution in [0.1, 0.15) is 64.3 Å². The average molecular weight is 267 g/mol. The van der Waals surface area contributed by atoms with Crippen LogP contribution >= 0.6 is 0 Å². The van der Waals surface area contributed by atoms with E-state index in [-0.39, 0.29) is 11.5 Å². The minimum atomic E-state index is -0.125. The van der Waals surface area contributed by atoms with Gasteiger partial charge in [-0.25, -0.2) is 0 Å². The molecular formula is C14H25N3O2. The number of nitrogens with two attached hydrogens (primary N) is 1. The van der Waals surface area contributed by atoms with E-state index in [1.165, 1.54) is 12.8 Å². The zero-order chi connectivity index (χ0) is 13.9. The zero-order valence-corrected chi connectivity index (χ0v) is 12.2. The van der Waals surface area contributed by atoms with Crippen molar-refractivity contribution in [1.29, 1.82) is 0 Å². The Morgan fingerprint density at radius 2 is 2.16 bits per heavy atom. The van der Waals surface area contributed by atoms with E-state index in [0.29, 0.717) is 24.9 Å². The standard InChI is InChI=1S/C14H25N3O2/c1-4-18-11(3)12-16-13(19-17-12)14(9-15)7-5-10(2)6-8-14/h10-11H,4-9,15H2,1-3H3. The molecule has 2 rings (SSSR count). The van der Waals surface area contributed by atoms with Gasteiger partial charge in [0.25, 0.3) is 0 Å². The normalized spacial score (nSPS) is 29.4. The molecule has 1 heterocycles. The molecule has 1 aromatic rings. The highest BCUT2D eigenvalue weighted by Crippen LogP contribution is 2.40. The molecule has 0 saturated heterocycles. The largest absolute Gasteiger partial charge is 0.371 e. The highest BCUT2D eigenvalue weighted by atomic mass is 16.5. The van der Waals surface area contributed by atoms with Crippen LogP contribution in [0.2, 0.25) is 0 Å². The highest BCUT2D eigenvalue weighted by molar-refractivity contribution is 5.09. The maximum absolute atomic E-state index is 6.00. The van der Waals surface area contributed by atoms with Crippen LogP contribution in [-0.4, -0.2) is 23.3 Å². The Balaban J connectivity index is 2.15. The van der Waals surface area contributed by atoms with Crippen molar-refractivity contribution >= 4 is 0 Å². The van der Waals surface area contributed by atoms with E-state index in [0.717, 1.165) is 18.8 Å². The van der Waals surface area contributed by atoms with Crippen LogP contribution in [-0.2, 0) is 10.2 Å². The van der Waals surface area contributed by atoms with Crippen molar-refractivity contribution in [3.05, 3.63) is 11.7 Å². The topological polar surface area (TPSA) is 74.2 Å². The summed E-state index contributed by atoms with van der Waals surface area (Å²) in [4.78, 5) is 4.54. The molecule has 1 aliphatic rings. The molecular weight excluding hydrogens is 242 g/mol. The number of rotatable bonds is 5. The third-order valence-corrected chi connectivity index (χ3v) is 4.30. The Bertz CT molecular complexity index is 397. The molecule has 5 nitrogen and oxygen atoms in total. The molecule has 1 saturated carbocycles. The van der Waals surface area contributed by atoms with Crippen LogP contribution in [0.4, 0.5) is 0 Å². The summed E-state index contributed by atoms with van der Waals surface area (Å²) in [6.07, 6.45) is 4.30. The first-order chi connectivity index (χ1) is 9.11. The van der Waals surface area contributed by atoms with Crippen molar-refractivity contribution in [2.24, 2.45) is 11.7 Å². The van der Waals surface area contributed by atoms with Crippen LogP contribution in [0.15, 0.2) is 4.52 Å². The van der Waals surface area contributed by atoms with Crippen LogP contribution < -0.4 is 5.73 Å². The fourth-order valence-corrected chi connectivity index (χ4v) is 2.76. The van der Waals surface area contributed by atoms with Gasteiger partial charge in [0.1, 0.15) is 6.10 Å². The Kier molecular flexibility index (Phi) is 4.58. The molecule has 0 bridgehead atoms. The minimum absolute atomic E-state index is 0.121. The molecule has 0 amide bonds. The maximum Gasteiger partial charge on any atom is 0.234 e. The van der Waals surface area contributed by atoms with Crippen molar-refractivity contribution in [2.75, 3.05) is 13.2 Å². The molecule has 0 spiro atoms. The van der Waals surface area contributed by atoms with Crippen molar-refractivity contribution < 1.29 is 9.26 Å². The van der Waals surface area contributed by atoms with Gasteiger partial charge in [-0.1, -0.05) is 12.1 Å². The van der Waals surface area contributed by atoms with Gasteiger partial charge in [-0.05, 0) is 45.4 Å². The lowest BCUT2D eigenvalue weighted by Crippen LogP contribution is -2.39. The Labute approximate surface area is 114 Å². The molecule has 0 radical (unpaired) electrons. The van der Waals surface area contributed by atoms with Crippen LogP contribution in [0.5, 0.6) is 0 Å². The number of aromatic nitrogens is 2. The molecule has 2 N–H and O–H groups in total. The predicted molar refractivity (Wildman–Crippen MR) is 72.7 cm³/mol. The third-order valence-electron chi connectivity index (χ3n) is 4.30. The van der Waals surface area contributed by atoms with Gasteiger partial charge in [-0.3, -0.25) is 0 Å². The van der Waals surface area contributed by atoms with Gasteiger partial charge in [0, 0.05) is 13.2 Å². The second-order valence-corrected chi connectivity index (χ2v) is 5.72. The van der Waals surface area contributed by atoms with E-state index < -0.39 is 0 Å². The van der Waals surface area contributed by atoms with E-state index in [1.807, 2.05) is 13.8 Å². The molecule has 0 aromatic carbocycles. The fraction of sp³-hybridized carbons (Fsp3) is 0.857. The van der Waals surface area contributed by atoms with Crippen molar-refractivity contribution in [2.45, 2.75) is 58.0 Å². The summed E-state index contributed by atoms with van der Waals surface area (Å²) < 4.78 is 11.0. The molecule has 5 heteroatoms. The molecule has 108 valence electrons. The van der Waals surface area contributed by atoms with Crippen molar-refractivity contribution in [1.82, 2.24) is 10.1 Å². The maximum atomic E-state index is 6.00. The average Bonchev–Trinajstić information content (AvgIpc) is 2.91. The fourth-order valence-electron chi connectivity index (χ4n) is 2.76. The van der Waals surface area contributed by atoms with Gasteiger partial charge >= 0.3 is 0 Å². The first-order valence-corrected chi connectivity index (χ1v) is 7.27. The molecule has 1 atom stereocenters. The van der Waals surface area contributed by atoms with E-state index in [1.54, 1.807) is 0 Å². The second-order valence-electron chi connectivity index (χ2n) is 5.72. The summed E-state index contributed by atoms with van der Waals surface area (Å²) in [5.41, 5.74) is 5.88. The molecule has 19 heavy (non-hydrogen) atoms. The lowest BCUT2D eigenvalue weighted by atomic mass is 9.71. The van der Waals surface area contributed by atoms with Crippen LogP contribution in [0.3, 0.4) is 0 Å². The van der Waals surface area contributed by atoms with Gasteiger partial charge in [0.2, 0.25) is 5.89 Å². The quantitative estimate of drug-likeness (QED) is 0.887. The first kappa shape index (κ1) is 14.5. The number of ether oxygens (including phenoxy) is 1. The van der Waals surface area contributed by atoms with E-state index >= 15 is 0 Å². The summed E-state index contributed by atoms with van der Waals surface area (Å²) in [6, 6.07) is 0. The van der Waals surface area contributed by atoms with E-state index in [4.69, 9.17) is 15.0 Å². The van der Waals surface area contributed by atoms with E-state index in [9.17, 15) is 0 Å². The Morgan fingerprint density at radius 3 is 2.74 bits per heavy atom. The van der Waals surface area contributed by atoms with Crippen molar-refractivity contribution in [3.63, 3.8) is 0 Å². The summed E-state index contributed by atoms with van der Waals surface area (Å²) >= 11 is 0. The van der Waals surface area contributed by atoms with Crippen LogP contribution in [0.25, 0.3) is 0 Å². The van der Waals surface area contributed by atoms with Crippen molar-refractivity contribution in [3.8, 4) is 0 Å². The predicted octanol–water partition coefficient (Wildman–Crippen LogP) is 2.57. The van der Waals surface area contributed by atoms with Crippen LogP contribution in [0, 0.1) is 5.92 Å². The third kappa shape index (κ3) is 2.98. The monoisotopic (exact) mass is 267 g/mol. The molecule has 0 aliphatic heterocycles. The van der Waals surface area contributed by atoms with Gasteiger partial charge in [-0.2, -0.15) is 4.98 Å². The first-order valence-electron chi connectivity index (χ1n) is 7.27. The lowest BCUT2D eigenvalue weighted by molar-refractivity contribution is 0.0683. The van der Waals surface area contributed by atoms with Gasteiger partial charge in [0.15, 0.2) is 5.82 Å². The second kappa shape index (κ2) is 6.01. The number of hydrogen-bond donors (Lipinski definition) is 1. The molecule has 1 fully saturated rings. The van der Waals surface area contributed by atoms with E-state index in [2.05, 4.69) is 17.1 Å². The minimum Gasteiger partial charge on any atom is -0.371 e. The molecule has 1 aliphatic carbocycles. The lowest BCUT2D eigenvalue weighted by Gasteiger charge is -2.35. The SMILES string of the molecule is CCOC(C)c1noc(C2(CN)CCC(C)CC2)n1. The Morgan fingerprint density at radius 1 is 1.47 bits per heavy atom. The number of hydrogen-bond acceptors (Lipinski definition) is 5. The summed E-state index contributed by atoms with van der Waals surface area (Å²) in [6.45, 7) is 7.41. The van der Waals surface area contributed by atoms with Gasteiger partial charge in [0.05, 0.1) is 5.41 Å². The highest BCUT2D eigenvalue weighted by Gasteiger charge is 2.39. The van der Waals surface area contributed by atoms with Gasteiger partial charge in [-0.15, -0.1) is 0 Å². The van der Waals surface area contributed by atoms with Gasteiger partial charge < -0.3 is 15.0 Å². The molecule has 1 aromatic heterocycles. The summed E-state index contributed by atoms with van der Waals surface area (Å²) in [5.74, 6) is 2.09. The smallest absolute Gasteiger partial charge is 0.234 e. The Hall–Kier alpha value is -0.940. The molecule has 1 unspecified atom stereocenters. The zero-order valence-electron chi connectivity index (χ0n) is 12.2.